The summed E-state index contributed by atoms with van der Waals surface area (Å²) < 4.78 is 29.0. The van der Waals surface area contributed by atoms with Crippen LogP contribution in [-0.4, -0.2) is 180 Å². The minimum atomic E-state index is -4.06. The average molecular weight is 862 g/mol. The molecule has 58 heavy (non-hydrogen) atoms. The van der Waals surface area contributed by atoms with Crippen LogP contribution < -0.4 is 15.5 Å². The fourth-order valence-electron chi connectivity index (χ4n) is 7.48. The van der Waals surface area contributed by atoms with Crippen molar-refractivity contribution in [3.8, 4) is 0 Å². The molecule has 13 nitrogen and oxygen atoms in total. The number of anilines is 3. The summed E-state index contributed by atoms with van der Waals surface area (Å²) in [4.78, 5) is 56.4. The molecule has 1 aromatic heterocycles. The number of carboxylic acids is 2. The predicted octanol–water partition coefficient (Wildman–Crippen LogP) is 5.42. The van der Waals surface area contributed by atoms with Crippen molar-refractivity contribution in [2.75, 3.05) is 35.2 Å². The molecule has 16 heteroatoms. The molecule has 298 valence electrons. The molecule has 0 spiro atoms. The van der Waals surface area contributed by atoms with Crippen LogP contribution in [0.15, 0.2) is 90.1 Å². The molecule has 6 rings (SSSR count). The Morgan fingerprint density at radius 2 is 1.38 bits per heavy atom. The van der Waals surface area contributed by atoms with E-state index in [4.69, 9.17) is 5.11 Å². The first kappa shape index (κ1) is 48.3. The number of aliphatic carboxylic acids is 1. The molecular formula is C42H49K2N5O8S. The molecule has 4 N–H and O–H groups in total. The monoisotopic (exact) mass is 861 g/mol. The molecule has 0 atom stereocenters. The molecule has 4 aromatic rings. The normalized spacial score (nSPS) is 16.7. The van der Waals surface area contributed by atoms with Crippen LogP contribution in [0.5, 0.6) is 0 Å². The number of benzene rings is 3. The first-order valence-electron chi connectivity index (χ1n) is 19.1. The van der Waals surface area contributed by atoms with Crippen LogP contribution in [0.1, 0.15) is 94.1 Å². The molecule has 1 aliphatic heterocycles. The van der Waals surface area contributed by atoms with Gasteiger partial charge in [-0.2, -0.15) is 4.31 Å². The van der Waals surface area contributed by atoms with Crippen molar-refractivity contribution in [1.82, 2.24) is 9.29 Å². The third-order valence-corrected chi connectivity index (χ3v) is 12.7. The maximum atomic E-state index is 13.9. The van der Waals surface area contributed by atoms with Crippen LogP contribution in [0.2, 0.25) is 0 Å². The molecule has 0 bridgehead atoms. The molecule has 0 radical (unpaired) electrons. The Labute approximate surface area is 424 Å². The number of aryl methyl sites for hydroxylation is 2. The quantitative estimate of drug-likeness (QED) is 0.119. The third kappa shape index (κ3) is 12.4. The van der Waals surface area contributed by atoms with Crippen molar-refractivity contribution in [2.24, 2.45) is 5.92 Å². The second kappa shape index (κ2) is 22.5. The zero-order chi connectivity index (χ0) is 39.8. The van der Waals surface area contributed by atoms with Gasteiger partial charge in [0, 0.05) is 49.4 Å². The summed E-state index contributed by atoms with van der Waals surface area (Å²) in [5, 5.41) is 24.3. The van der Waals surface area contributed by atoms with E-state index in [9.17, 15) is 32.7 Å². The van der Waals surface area contributed by atoms with Crippen molar-refractivity contribution in [3.63, 3.8) is 0 Å². The number of hydrogen-bond donors (Lipinski definition) is 4. The Morgan fingerprint density at radius 3 is 1.97 bits per heavy atom. The van der Waals surface area contributed by atoms with Crippen LogP contribution in [0.25, 0.3) is 0 Å². The number of carbonyl (C=O) groups excluding carboxylic acids is 2. The molecule has 2 amide bonds. The molecule has 1 aliphatic carbocycles. The number of sulfonamides is 1. The van der Waals surface area contributed by atoms with E-state index in [1.165, 1.54) is 22.8 Å². The van der Waals surface area contributed by atoms with Gasteiger partial charge in [-0.15, -0.1) is 0 Å². The van der Waals surface area contributed by atoms with Gasteiger partial charge >= 0.3 is 115 Å². The second-order valence-electron chi connectivity index (χ2n) is 14.3. The van der Waals surface area contributed by atoms with Gasteiger partial charge < -0.3 is 25.7 Å². The summed E-state index contributed by atoms with van der Waals surface area (Å²) in [6.07, 6.45) is 8.73. The van der Waals surface area contributed by atoms with Crippen molar-refractivity contribution in [2.45, 2.75) is 75.6 Å². The number of pyridine rings is 1. The number of nitrogens with zero attached hydrogens (tertiary/aromatic N) is 3. The molecule has 2 heterocycles. The van der Waals surface area contributed by atoms with Crippen LogP contribution in [0.4, 0.5) is 17.1 Å². The van der Waals surface area contributed by atoms with E-state index in [0.29, 0.717) is 37.8 Å². The summed E-state index contributed by atoms with van der Waals surface area (Å²) in [5.41, 5.74) is 4.19. The van der Waals surface area contributed by atoms with Gasteiger partial charge in [0.25, 0.3) is 11.8 Å². The van der Waals surface area contributed by atoms with Crippen molar-refractivity contribution >= 4 is 154 Å². The van der Waals surface area contributed by atoms with Crippen molar-refractivity contribution < 1.29 is 37.8 Å². The van der Waals surface area contributed by atoms with Crippen LogP contribution in [0.3, 0.4) is 0 Å². The first-order chi connectivity index (χ1) is 26.9. The van der Waals surface area contributed by atoms with E-state index < -0.39 is 39.7 Å². The first-order valence-corrected chi connectivity index (χ1v) is 20.5. The van der Waals surface area contributed by atoms with Crippen molar-refractivity contribution in [3.05, 3.63) is 113 Å². The third-order valence-electron chi connectivity index (χ3n) is 10.7. The van der Waals surface area contributed by atoms with Crippen LogP contribution in [0, 0.1) is 5.92 Å². The standard InChI is InChI=1S/C42H47N5O8S.2K.2H/c1-2-47(34-18-14-31(15-19-34)42(52)53)56(54,55)36-24-32(26-43-27-36)39(48)45-38-21-20-35(46-22-4-3-5-23-46)25-37(38)40(49)44-33-16-10-29(11-17-33)7-6-28-8-12-30(13-9-28)41(50)51;;;;/h8-13,16-17,20-21,24-27,31,34H,2-7,14-15,18-19,22-23H2,1H3,(H,44,49)(H,45,48)(H,50,51)(H,52,53);;;;. The molecule has 0 unspecified atom stereocenters. The fraction of sp³-hybridized carbons (Fsp3) is 0.357. The van der Waals surface area contributed by atoms with Gasteiger partial charge in [-0.25, -0.2) is 13.2 Å². The summed E-state index contributed by atoms with van der Waals surface area (Å²) in [6.45, 7) is 3.60. The number of carboxylic acid groups (broad SMARTS) is 2. The van der Waals surface area contributed by atoms with Crippen LogP contribution in [-0.2, 0) is 27.7 Å². The molecule has 3 aromatic carbocycles. The van der Waals surface area contributed by atoms with Gasteiger partial charge in [0.15, 0.2) is 0 Å². The Hall–Kier alpha value is -2.33. The van der Waals surface area contributed by atoms with E-state index in [1.54, 1.807) is 43.3 Å². The SMILES string of the molecule is CCN(C1CCC(C(=O)O)CC1)S(=O)(=O)c1cncc(C(=O)Nc2ccc(N3CCCCC3)cc2C(=O)Nc2ccc(CCc3ccc(C(=O)O)cc3)cc2)c1.[KH].[KH]. The van der Waals surface area contributed by atoms with Gasteiger partial charge in [-0.1, -0.05) is 31.2 Å². The summed E-state index contributed by atoms with van der Waals surface area (Å²) >= 11 is 0. The van der Waals surface area contributed by atoms with Gasteiger partial charge in [-0.3, -0.25) is 19.4 Å². The number of hydrogen-bond acceptors (Lipinski definition) is 8. The molecular weight excluding hydrogens is 813 g/mol. The number of aromatic nitrogens is 1. The van der Waals surface area contributed by atoms with E-state index in [-0.39, 0.29) is 143 Å². The van der Waals surface area contributed by atoms with Gasteiger partial charge in [0.2, 0.25) is 10.0 Å². The molecule has 1 saturated heterocycles. The number of nitrogens with one attached hydrogen (secondary N) is 2. The Balaban J connectivity index is 0.00000372. The van der Waals surface area contributed by atoms with Gasteiger partial charge in [0.1, 0.15) is 4.90 Å². The number of aromatic carboxylic acids is 1. The van der Waals surface area contributed by atoms with Crippen molar-refractivity contribution in [1.29, 1.82) is 0 Å². The van der Waals surface area contributed by atoms with E-state index in [2.05, 4.69) is 20.5 Å². The predicted molar refractivity (Wildman–Crippen MR) is 227 cm³/mol. The summed E-state index contributed by atoms with van der Waals surface area (Å²) in [6, 6.07) is 20.5. The van der Waals surface area contributed by atoms with Gasteiger partial charge in [0.05, 0.1) is 28.3 Å². The summed E-state index contributed by atoms with van der Waals surface area (Å²) in [5.74, 6) is -3.40. The topological polar surface area (TPSA) is 186 Å². The maximum absolute atomic E-state index is 13.9. The Bertz CT molecular complexity index is 2170. The number of amides is 2. The zero-order valence-electron chi connectivity index (χ0n) is 31.3. The molecule has 2 aliphatic rings. The Morgan fingerprint density at radius 1 is 0.759 bits per heavy atom. The number of piperidine rings is 1. The zero-order valence-corrected chi connectivity index (χ0v) is 32.1. The van der Waals surface area contributed by atoms with E-state index >= 15 is 0 Å². The van der Waals surface area contributed by atoms with Crippen LogP contribution >= 0.6 is 0 Å². The van der Waals surface area contributed by atoms with E-state index in [0.717, 1.165) is 55.6 Å². The summed E-state index contributed by atoms with van der Waals surface area (Å²) in [7, 11) is -4.06. The minimum absolute atomic E-state index is 0. The van der Waals surface area contributed by atoms with E-state index in [1.807, 2.05) is 30.3 Å². The fourth-order valence-corrected chi connectivity index (χ4v) is 9.17. The number of rotatable bonds is 14. The van der Waals surface area contributed by atoms with Gasteiger partial charge in [-0.05, 0) is 117 Å². The second-order valence-corrected chi connectivity index (χ2v) is 16.2. The molecule has 1 saturated carbocycles. The average Bonchev–Trinajstić information content (AvgIpc) is 3.21. The molecule has 2 fully saturated rings. The Kier molecular flexibility index (Phi) is 18.7. The number of carbonyl (C=O) groups is 4.